The zero-order valence-electron chi connectivity index (χ0n) is 11.0. The molecular weight excluding hydrogens is 286 g/mol. The number of rotatable bonds is 5. The van der Waals surface area contributed by atoms with Gasteiger partial charge in [-0.05, 0) is 24.6 Å². The lowest BCUT2D eigenvalue weighted by Gasteiger charge is -2.17. The summed E-state index contributed by atoms with van der Waals surface area (Å²) in [5.41, 5.74) is 10.1. The average molecular weight is 300 g/mol. The van der Waals surface area contributed by atoms with Crippen LogP contribution in [0.15, 0.2) is 18.2 Å². The Morgan fingerprint density at radius 2 is 1.62 bits per heavy atom. The number of halogens is 2. The number of primary amides is 2. The van der Waals surface area contributed by atoms with Crippen molar-refractivity contribution in [1.29, 1.82) is 0 Å². The van der Waals surface area contributed by atoms with Gasteiger partial charge in [0.1, 0.15) is 0 Å². The van der Waals surface area contributed by atoms with Gasteiger partial charge < -0.3 is 22.1 Å². The summed E-state index contributed by atoms with van der Waals surface area (Å²) < 4.78 is 25.9. The minimum absolute atomic E-state index is 0.291. The van der Waals surface area contributed by atoms with Gasteiger partial charge in [-0.1, -0.05) is 6.07 Å². The fourth-order valence-electron chi connectivity index (χ4n) is 1.52. The van der Waals surface area contributed by atoms with Gasteiger partial charge in [-0.25, -0.2) is 13.6 Å². The van der Waals surface area contributed by atoms with Gasteiger partial charge in [-0.15, -0.1) is 0 Å². The first kappa shape index (κ1) is 16.3. The van der Waals surface area contributed by atoms with Crippen molar-refractivity contribution >= 4 is 17.8 Å². The molecule has 6 N–H and O–H groups in total. The Balaban J connectivity index is 2.71. The molecule has 0 unspecified atom stereocenters. The molecule has 1 aromatic carbocycles. The summed E-state index contributed by atoms with van der Waals surface area (Å²) in [4.78, 5) is 33.4. The van der Waals surface area contributed by atoms with Crippen LogP contribution in [0.2, 0.25) is 0 Å². The Hall–Kier alpha value is -2.71. The van der Waals surface area contributed by atoms with Gasteiger partial charge in [-0.2, -0.15) is 0 Å². The minimum atomic E-state index is -1.66. The first-order valence-corrected chi connectivity index (χ1v) is 5.83. The Bertz CT molecular complexity index is 566. The molecule has 0 saturated carbocycles. The van der Waals surface area contributed by atoms with Gasteiger partial charge in [-0.3, -0.25) is 9.59 Å². The molecule has 0 aliphatic carbocycles. The lowest BCUT2D eigenvalue weighted by atomic mass is 10.1. The van der Waals surface area contributed by atoms with Gasteiger partial charge in [0.2, 0.25) is 11.8 Å². The van der Waals surface area contributed by atoms with E-state index in [1.54, 1.807) is 0 Å². The summed E-state index contributed by atoms with van der Waals surface area (Å²) in [5.74, 6) is -4.30. The van der Waals surface area contributed by atoms with E-state index in [0.29, 0.717) is 5.56 Å². The smallest absolute Gasteiger partial charge is 0.316 e. The predicted molar refractivity (Wildman–Crippen MR) is 68.6 cm³/mol. The molecule has 1 rings (SSSR count). The fraction of sp³-hybridized carbons (Fsp3) is 0.250. The fourth-order valence-corrected chi connectivity index (χ4v) is 1.52. The maximum Gasteiger partial charge on any atom is 0.316 e. The second-order valence-electron chi connectivity index (χ2n) is 4.25. The second kappa shape index (κ2) is 6.64. The van der Waals surface area contributed by atoms with Crippen molar-refractivity contribution < 1.29 is 23.2 Å². The molecule has 1 atom stereocenters. The van der Waals surface area contributed by atoms with Crippen LogP contribution >= 0.6 is 0 Å². The van der Waals surface area contributed by atoms with Crippen LogP contribution in [0.1, 0.15) is 18.5 Å². The average Bonchev–Trinajstić information content (AvgIpc) is 2.38. The molecule has 1 aromatic rings. The van der Waals surface area contributed by atoms with Gasteiger partial charge in [0.05, 0.1) is 6.04 Å². The zero-order chi connectivity index (χ0) is 16.2. The molecule has 0 saturated heterocycles. The topological polar surface area (TPSA) is 127 Å². The summed E-state index contributed by atoms with van der Waals surface area (Å²) in [7, 11) is 0. The van der Waals surface area contributed by atoms with Crippen LogP contribution in [0.3, 0.4) is 0 Å². The first-order chi connectivity index (χ1) is 9.72. The maximum atomic E-state index is 13.1. The van der Waals surface area contributed by atoms with Gasteiger partial charge in [0.25, 0.3) is 0 Å². The lowest BCUT2D eigenvalue weighted by molar-refractivity contribution is -0.128. The number of hydrogen-bond donors (Lipinski definition) is 4. The molecule has 9 heteroatoms. The molecule has 21 heavy (non-hydrogen) atoms. The highest BCUT2D eigenvalue weighted by molar-refractivity contribution is 6.05. The van der Waals surface area contributed by atoms with Crippen molar-refractivity contribution in [3.8, 4) is 0 Å². The van der Waals surface area contributed by atoms with E-state index >= 15 is 0 Å². The molecule has 0 bridgehead atoms. The molecule has 0 aliphatic heterocycles. The predicted octanol–water partition coefficient (Wildman–Crippen LogP) is -0.336. The van der Waals surface area contributed by atoms with Gasteiger partial charge >= 0.3 is 6.03 Å². The molecule has 0 aromatic heterocycles. The van der Waals surface area contributed by atoms with E-state index in [-0.39, 0.29) is 0 Å². The quantitative estimate of drug-likeness (QED) is 0.556. The molecule has 0 radical (unpaired) electrons. The number of carbonyl (C=O) groups is 3. The van der Waals surface area contributed by atoms with Crippen LogP contribution in [-0.4, -0.2) is 23.9 Å². The van der Waals surface area contributed by atoms with Crippen molar-refractivity contribution in [2.75, 3.05) is 0 Å². The number of carbonyl (C=O) groups excluding carboxylic acids is 3. The van der Waals surface area contributed by atoms with Crippen molar-refractivity contribution in [2.45, 2.75) is 19.0 Å². The van der Waals surface area contributed by atoms with E-state index in [1.165, 1.54) is 13.0 Å². The van der Waals surface area contributed by atoms with Crippen molar-refractivity contribution in [3.05, 3.63) is 35.4 Å². The number of urea groups is 1. The summed E-state index contributed by atoms with van der Waals surface area (Å²) in [6.07, 6.45) is 0. The molecule has 0 fully saturated rings. The van der Waals surface area contributed by atoms with Crippen LogP contribution in [0.4, 0.5) is 13.6 Å². The number of nitrogens with one attached hydrogen (secondary N) is 2. The Labute approximate surface area is 118 Å². The molecule has 0 heterocycles. The summed E-state index contributed by atoms with van der Waals surface area (Å²) in [6, 6.07) is -0.169. The molecule has 4 amide bonds. The SMILES string of the molecule is C[C@H](NC(=O)NC(C(N)=O)C(N)=O)c1ccc(F)c(F)c1. The standard InChI is InChI=1S/C12H14F2N4O3/c1-5(6-2-3-7(13)8(14)4-6)17-12(21)18-9(10(15)19)11(16)20/h2-5,9H,1H3,(H2,15,19)(H2,16,20)(H2,17,18,21)/t5-/m0/s1. The Morgan fingerprint density at radius 1 is 1.05 bits per heavy atom. The molecule has 0 spiro atoms. The largest absolute Gasteiger partial charge is 0.367 e. The summed E-state index contributed by atoms with van der Waals surface area (Å²) in [5, 5.41) is 4.30. The Morgan fingerprint density at radius 3 is 2.10 bits per heavy atom. The Kier molecular flexibility index (Phi) is 5.17. The molecule has 114 valence electrons. The van der Waals surface area contributed by atoms with Crippen molar-refractivity contribution in [2.24, 2.45) is 11.5 Å². The van der Waals surface area contributed by atoms with Crippen LogP contribution < -0.4 is 22.1 Å². The normalized spacial score (nSPS) is 11.8. The highest BCUT2D eigenvalue weighted by atomic mass is 19.2. The van der Waals surface area contributed by atoms with Crippen molar-refractivity contribution in [3.63, 3.8) is 0 Å². The minimum Gasteiger partial charge on any atom is -0.367 e. The second-order valence-corrected chi connectivity index (χ2v) is 4.25. The van der Waals surface area contributed by atoms with E-state index in [4.69, 9.17) is 11.5 Å². The molecule has 0 aliphatic rings. The van der Waals surface area contributed by atoms with Crippen LogP contribution in [-0.2, 0) is 9.59 Å². The monoisotopic (exact) mass is 300 g/mol. The number of amides is 4. The van der Waals surface area contributed by atoms with E-state index in [1.807, 2.05) is 5.32 Å². The van der Waals surface area contributed by atoms with E-state index in [2.05, 4.69) is 5.32 Å². The number of benzene rings is 1. The van der Waals surface area contributed by atoms with E-state index in [9.17, 15) is 23.2 Å². The number of nitrogens with two attached hydrogens (primary N) is 2. The highest BCUT2D eigenvalue weighted by Gasteiger charge is 2.24. The van der Waals surface area contributed by atoms with Gasteiger partial charge in [0.15, 0.2) is 17.7 Å². The summed E-state index contributed by atoms with van der Waals surface area (Å²) >= 11 is 0. The van der Waals surface area contributed by atoms with Crippen LogP contribution in [0.25, 0.3) is 0 Å². The lowest BCUT2D eigenvalue weighted by Crippen LogP contribution is -2.55. The van der Waals surface area contributed by atoms with Gasteiger partial charge in [0, 0.05) is 0 Å². The maximum absolute atomic E-state index is 13.1. The first-order valence-electron chi connectivity index (χ1n) is 5.83. The molecule has 7 nitrogen and oxygen atoms in total. The summed E-state index contributed by atoms with van der Waals surface area (Å²) in [6.45, 7) is 1.50. The van der Waals surface area contributed by atoms with E-state index < -0.39 is 41.6 Å². The third-order valence-corrected chi connectivity index (χ3v) is 2.64. The number of hydrogen-bond acceptors (Lipinski definition) is 3. The third kappa shape index (κ3) is 4.41. The third-order valence-electron chi connectivity index (χ3n) is 2.64. The highest BCUT2D eigenvalue weighted by Crippen LogP contribution is 2.15. The van der Waals surface area contributed by atoms with Crippen LogP contribution in [0.5, 0.6) is 0 Å². The van der Waals surface area contributed by atoms with Crippen LogP contribution in [0, 0.1) is 11.6 Å². The molecular formula is C12H14F2N4O3. The van der Waals surface area contributed by atoms with E-state index in [0.717, 1.165) is 12.1 Å². The van der Waals surface area contributed by atoms with Crippen molar-refractivity contribution in [1.82, 2.24) is 10.6 Å². The zero-order valence-corrected chi connectivity index (χ0v) is 11.0.